The van der Waals surface area contributed by atoms with Crippen molar-refractivity contribution >= 4 is 21.6 Å². The van der Waals surface area contributed by atoms with Crippen molar-refractivity contribution in [2.75, 3.05) is 13.1 Å². The number of hydrogen-bond donors (Lipinski definition) is 1. The normalized spacial score (nSPS) is 23.8. The third-order valence-corrected chi connectivity index (χ3v) is 4.37. The van der Waals surface area contributed by atoms with Gasteiger partial charge >= 0.3 is 0 Å². The number of non-ortho nitro benzene ring substituents is 1. The molecule has 0 saturated carbocycles. The summed E-state index contributed by atoms with van der Waals surface area (Å²) < 4.78 is 0.747. The van der Waals surface area contributed by atoms with Gasteiger partial charge in [-0.05, 0) is 36.9 Å². The fourth-order valence-corrected chi connectivity index (χ4v) is 3.35. The standard InChI is InChI=1S/C14H20BrN3O2/c1-10-2-3-17(14(4-10)8-16)9-11-5-12(15)7-13(6-11)18(19)20/h5-7,10,14H,2-4,8-9,16H2,1H3. The summed E-state index contributed by atoms with van der Waals surface area (Å²) in [5.74, 6) is 0.705. The predicted molar refractivity (Wildman–Crippen MR) is 82.4 cm³/mol. The Hall–Kier alpha value is -0.980. The van der Waals surface area contributed by atoms with E-state index in [0.717, 1.165) is 36.0 Å². The molecule has 1 aliphatic rings. The quantitative estimate of drug-likeness (QED) is 0.675. The Morgan fingerprint density at radius 1 is 1.50 bits per heavy atom. The highest BCUT2D eigenvalue weighted by Crippen LogP contribution is 2.26. The van der Waals surface area contributed by atoms with Crippen LogP contribution in [0.5, 0.6) is 0 Å². The largest absolute Gasteiger partial charge is 0.329 e. The molecule has 0 radical (unpaired) electrons. The first kappa shape index (κ1) is 15.4. The van der Waals surface area contributed by atoms with Gasteiger partial charge in [0.05, 0.1) is 4.92 Å². The lowest BCUT2D eigenvalue weighted by atomic mass is 9.92. The number of nitro groups is 1. The topological polar surface area (TPSA) is 72.4 Å². The van der Waals surface area contributed by atoms with Gasteiger partial charge in [-0.3, -0.25) is 15.0 Å². The van der Waals surface area contributed by atoms with Crippen molar-refractivity contribution in [3.8, 4) is 0 Å². The number of likely N-dealkylation sites (tertiary alicyclic amines) is 1. The van der Waals surface area contributed by atoms with Gasteiger partial charge in [-0.2, -0.15) is 0 Å². The zero-order valence-corrected chi connectivity index (χ0v) is 13.2. The number of nitrogens with two attached hydrogens (primary N) is 1. The second-order valence-electron chi connectivity index (χ2n) is 5.56. The molecule has 2 rings (SSSR count). The summed E-state index contributed by atoms with van der Waals surface area (Å²) in [5, 5.41) is 10.9. The number of halogens is 1. The SMILES string of the molecule is CC1CCN(Cc2cc(Br)cc([N+](=O)[O-])c2)C(CN)C1. The summed E-state index contributed by atoms with van der Waals surface area (Å²) >= 11 is 3.34. The summed E-state index contributed by atoms with van der Waals surface area (Å²) in [4.78, 5) is 12.9. The average Bonchev–Trinajstić information content (AvgIpc) is 2.40. The van der Waals surface area contributed by atoms with E-state index in [-0.39, 0.29) is 10.6 Å². The molecule has 0 aromatic heterocycles. The van der Waals surface area contributed by atoms with Crippen LogP contribution in [0, 0.1) is 16.0 Å². The van der Waals surface area contributed by atoms with Crippen molar-refractivity contribution < 1.29 is 4.92 Å². The molecule has 2 N–H and O–H groups in total. The fraction of sp³-hybridized carbons (Fsp3) is 0.571. The Kier molecular flexibility index (Phi) is 5.12. The first-order valence-corrected chi connectivity index (χ1v) is 7.67. The molecule has 110 valence electrons. The lowest BCUT2D eigenvalue weighted by molar-refractivity contribution is -0.385. The Morgan fingerprint density at radius 3 is 2.90 bits per heavy atom. The maximum Gasteiger partial charge on any atom is 0.270 e. The molecule has 0 aliphatic carbocycles. The summed E-state index contributed by atoms with van der Waals surface area (Å²) in [6, 6.07) is 5.49. The monoisotopic (exact) mass is 341 g/mol. The van der Waals surface area contributed by atoms with E-state index >= 15 is 0 Å². The van der Waals surface area contributed by atoms with Crippen LogP contribution in [0.1, 0.15) is 25.3 Å². The third kappa shape index (κ3) is 3.77. The minimum absolute atomic E-state index is 0.129. The van der Waals surface area contributed by atoms with E-state index in [0.29, 0.717) is 18.5 Å². The average molecular weight is 342 g/mol. The van der Waals surface area contributed by atoms with Crippen LogP contribution in [0.15, 0.2) is 22.7 Å². The molecule has 6 heteroatoms. The number of nitrogens with zero attached hydrogens (tertiary/aromatic N) is 2. The van der Waals surface area contributed by atoms with E-state index in [4.69, 9.17) is 5.73 Å². The Labute approximate surface area is 127 Å². The summed E-state index contributed by atoms with van der Waals surface area (Å²) in [6.07, 6.45) is 2.26. The molecule has 1 fully saturated rings. The van der Waals surface area contributed by atoms with Crippen LogP contribution in [0.2, 0.25) is 0 Å². The highest BCUT2D eigenvalue weighted by atomic mass is 79.9. The van der Waals surface area contributed by atoms with Gasteiger partial charge in [0, 0.05) is 35.7 Å². The summed E-state index contributed by atoms with van der Waals surface area (Å²) in [6.45, 7) is 4.61. The maximum absolute atomic E-state index is 10.9. The molecule has 2 atom stereocenters. The van der Waals surface area contributed by atoms with Crippen molar-refractivity contribution in [3.63, 3.8) is 0 Å². The van der Waals surface area contributed by atoms with Crippen LogP contribution in [0.4, 0.5) is 5.69 Å². The van der Waals surface area contributed by atoms with Gasteiger partial charge in [0.1, 0.15) is 0 Å². The van der Waals surface area contributed by atoms with Gasteiger partial charge < -0.3 is 5.73 Å². The van der Waals surface area contributed by atoms with Crippen molar-refractivity contribution in [2.45, 2.75) is 32.4 Å². The minimum atomic E-state index is -0.354. The van der Waals surface area contributed by atoms with Crippen LogP contribution in [0.3, 0.4) is 0 Å². The number of benzene rings is 1. The Bertz CT molecular complexity index is 495. The van der Waals surface area contributed by atoms with E-state index in [9.17, 15) is 10.1 Å². The van der Waals surface area contributed by atoms with Gasteiger partial charge in [-0.15, -0.1) is 0 Å². The fourth-order valence-electron chi connectivity index (χ4n) is 2.82. The highest BCUT2D eigenvalue weighted by molar-refractivity contribution is 9.10. The molecule has 1 heterocycles. The zero-order valence-electron chi connectivity index (χ0n) is 11.6. The van der Waals surface area contributed by atoms with E-state index < -0.39 is 0 Å². The van der Waals surface area contributed by atoms with Crippen LogP contribution in [-0.4, -0.2) is 29.0 Å². The molecule has 1 aliphatic heterocycles. The highest BCUT2D eigenvalue weighted by Gasteiger charge is 2.25. The number of nitro benzene ring substituents is 1. The second-order valence-corrected chi connectivity index (χ2v) is 6.48. The summed E-state index contributed by atoms with van der Waals surface area (Å²) in [5.41, 5.74) is 6.94. The van der Waals surface area contributed by atoms with E-state index in [2.05, 4.69) is 27.8 Å². The lowest BCUT2D eigenvalue weighted by Gasteiger charge is -2.38. The van der Waals surface area contributed by atoms with Crippen molar-refractivity contribution in [2.24, 2.45) is 11.7 Å². The number of piperidine rings is 1. The molecular weight excluding hydrogens is 322 g/mol. The van der Waals surface area contributed by atoms with E-state index in [1.807, 2.05) is 6.07 Å². The van der Waals surface area contributed by atoms with Gasteiger partial charge in [0.25, 0.3) is 5.69 Å². The lowest BCUT2D eigenvalue weighted by Crippen LogP contribution is -2.45. The van der Waals surface area contributed by atoms with Crippen LogP contribution >= 0.6 is 15.9 Å². The third-order valence-electron chi connectivity index (χ3n) is 3.91. The van der Waals surface area contributed by atoms with Crippen LogP contribution < -0.4 is 5.73 Å². The molecule has 0 amide bonds. The van der Waals surface area contributed by atoms with Gasteiger partial charge in [-0.25, -0.2) is 0 Å². The Morgan fingerprint density at radius 2 is 2.25 bits per heavy atom. The summed E-state index contributed by atoms with van der Waals surface area (Å²) in [7, 11) is 0. The van der Waals surface area contributed by atoms with Crippen molar-refractivity contribution in [1.29, 1.82) is 0 Å². The molecule has 20 heavy (non-hydrogen) atoms. The van der Waals surface area contributed by atoms with Crippen LogP contribution in [0.25, 0.3) is 0 Å². The molecule has 1 aromatic rings. The van der Waals surface area contributed by atoms with Crippen molar-refractivity contribution in [3.05, 3.63) is 38.3 Å². The van der Waals surface area contributed by atoms with Crippen LogP contribution in [-0.2, 0) is 6.54 Å². The van der Waals surface area contributed by atoms with Gasteiger partial charge in [0.2, 0.25) is 0 Å². The van der Waals surface area contributed by atoms with Gasteiger partial charge in [0.15, 0.2) is 0 Å². The molecule has 1 aromatic carbocycles. The number of hydrogen-bond acceptors (Lipinski definition) is 4. The smallest absolute Gasteiger partial charge is 0.270 e. The molecule has 0 spiro atoms. The maximum atomic E-state index is 10.9. The molecule has 1 saturated heterocycles. The van der Waals surface area contributed by atoms with Gasteiger partial charge in [-0.1, -0.05) is 22.9 Å². The first-order chi connectivity index (χ1) is 9.49. The number of rotatable bonds is 4. The minimum Gasteiger partial charge on any atom is -0.329 e. The Balaban J connectivity index is 2.14. The predicted octanol–water partition coefficient (Wildman–Crippen LogP) is 2.92. The van der Waals surface area contributed by atoms with E-state index in [1.54, 1.807) is 6.07 Å². The first-order valence-electron chi connectivity index (χ1n) is 6.87. The van der Waals surface area contributed by atoms with E-state index in [1.165, 1.54) is 6.07 Å². The molecule has 2 unspecified atom stereocenters. The second kappa shape index (κ2) is 6.65. The molecule has 0 bridgehead atoms. The molecular formula is C14H20BrN3O2. The zero-order chi connectivity index (χ0) is 14.7. The molecule has 5 nitrogen and oxygen atoms in total. The van der Waals surface area contributed by atoms with Crippen molar-refractivity contribution in [1.82, 2.24) is 4.90 Å².